The van der Waals surface area contributed by atoms with Crippen molar-refractivity contribution in [1.82, 2.24) is 9.80 Å². The molecule has 0 radical (unpaired) electrons. The van der Waals surface area contributed by atoms with Gasteiger partial charge in [0.05, 0.1) is 6.54 Å². The predicted molar refractivity (Wildman–Crippen MR) is 68.8 cm³/mol. The normalized spacial score (nSPS) is 27.9. The van der Waals surface area contributed by atoms with Crippen LogP contribution in [0.4, 0.5) is 0 Å². The molecule has 2 unspecified atom stereocenters. The number of hydrogen-bond acceptors (Lipinski definition) is 3. The van der Waals surface area contributed by atoms with E-state index in [-0.39, 0.29) is 24.4 Å². The quantitative estimate of drug-likeness (QED) is 0.778. The summed E-state index contributed by atoms with van der Waals surface area (Å²) in [5.41, 5.74) is 5.75. The van der Waals surface area contributed by atoms with Crippen molar-refractivity contribution in [1.29, 1.82) is 0 Å². The molecule has 2 amide bonds. The molecule has 0 bridgehead atoms. The van der Waals surface area contributed by atoms with E-state index in [1.54, 1.807) is 4.90 Å². The van der Waals surface area contributed by atoms with Gasteiger partial charge in [-0.3, -0.25) is 9.59 Å². The molecule has 2 rings (SSSR count). The SMILES string of the molecule is CN(C(=O)CN1CCCC1=O)C1CCCC1CN. The summed E-state index contributed by atoms with van der Waals surface area (Å²) in [5.74, 6) is 0.586. The first-order valence-electron chi connectivity index (χ1n) is 6.87. The Balaban J connectivity index is 1.90. The van der Waals surface area contributed by atoms with Crippen molar-refractivity contribution in [2.24, 2.45) is 11.7 Å². The molecule has 2 fully saturated rings. The molecular weight excluding hydrogens is 230 g/mol. The number of nitrogens with zero attached hydrogens (tertiary/aromatic N) is 2. The maximum Gasteiger partial charge on any atom is 0.242 e. The van der Waals surface area contributed by atoms with Crippen LogP contribution in [-0.2, 0) is 9.59 Å². The summed E-state index contributed by atoms with van der Waals surface area (Å²) in [6.45, 7) is 1.61. The number of likely N-dealkylation sites (N-methyl/N-ethyl adjacent to an activating group) is 1. The van der Waals surface area contributed by atoms with E-state index in [4.69, 9.17) is 5.73 Å². The number of nitrogens with two attached hydrogens (primary N) is 1. The van der Waals surface area contributed by atoms with Crippen molar-refractivity contribution in [3.8, 4) is 0 Å². The Morgan fingerprint density at radius 1 is 1.44 bits per heavy atom. The smallest absolute Gasteiger partial charge is 0.242 e. The van der Waals surface area contributed by atoms with Crippen LogP contribution in [0.5, 0.6) is 0 Å². The Hall–Kier alpha value is -1.10. The van der Waals surface area contributed by atoms with Gasteiger partial charge in [0, 0.05) is 26.1 Å². The fourth-order valence-electron chi connectivity index (χ4n) is 3.13. The second-order valence-corrected chi connectivity index (χ2v) is 5.42. The van der Waals surface area contributed by atoms with Gasteiger partial charge >= 0.3 is 0 Å². The first-order valence-corrected chi connectivity index (χ1v) is 6.87. The summed E-state index contributed by atoms with van der Waals surface area (Å²) in [6.07, 6.45) is 4.77. The molecule has 18 heavy (non-hydrogen) atoms. The molecule has 0 aromatic rings. The molecule has 1 aliphatic heterocycles. The van der Waals surface area contributed by atoms with Crippen LogP contribution >= 0.6 is 0 Å². The Kier molecular flexibility index (Phi) is 4.22. The van der Waals surface area contributed by atoms with E-state index in [2.05, 4.69) is 0 Å². The first kappa shape index (κ1) is 13.3. The minimum atomic E-state index is 0.0515. The minimum Gasteiger partial charge on any atom is -0.341 e. The average Bonchev–Trinajstić information content (AvgIpc) is 2.97. The lowest BCUT2D eigenvalue weighted by atomic mass is 10.0. The molecule has 1 heterocycles. The number of hydrogen-bond donors (Lipinski definition) is 1. The zero-order valence-corrected chi connectivity index (χ0v) is 11.1. The van der Waals surface area contributed by atoms with Gasteiger partial charge < -0.3 is 15.5 Å². The van der Waals surface area contributed by atoms with Gasteiger partial charge in [-0.2, -0.15) is 0 Å². The molecule has 2 N–H and O–H groups in total. The van der Waals surface area contributed by atoms with Crippen LogP contribution in [-0.4, -0.2) is 54.3 Å². The van der Waals surface area contributed by atoms with Crippen LogP contribution in [0.3, 0.4) is 0 Å². The Bertz CT molecular complexity index is 332. The van der Waals surface area contributed by atoms with Crippen molar-refractivity contribution in [2.75, 3.05) is 26.7 Å². The van der Waals surface area contributed by atoms with E-state index < -0.39 is 0 Å². The Morgan fingerprint density at radius 2 is 2.22 bits per heavy atom. The van der Waals surface area contributed by atoms with E-state index in [0.29, 0.717) is 18.9 Å². The number of likely N-dealkylation sites (tertiary alicyclic amines) is 1. The lowest BCUT2D eigenvalue weighted by molar-refractivity contribution is -0.139. The van der Waals surface area contributed by atoms with Crippen LogP contribution < -0.4 is 5.73 Å². The summed E-state index contributed by atoms with van der Waals surface area (Å²) in [6, 6.07) is 0.264. The van der Waals surface area contributed by atoms with Gasteiger partial charge in [0.25, 0.3) is 0 Å². The van der Waals surface area contributed by atoms with Gasteiger partial charge in [-0.25, -0.2) is 0 Å². The molecule has 1 saturated heterocycles. The van der Waals surface area contributed by atoms with Crippen LogP contribution in [0.1, 0.15) is 32.1 Å². The molecule has 2 aliphatic rings. The van der Waals surface area contributed by atoms with Crippen molar-refractivity contribution in [3.05, 3.63) is 0 Å². The largest absolute Gasteiger partial charge is 0.341 e. The van der Waals surface area contributed by atoms with E-state index in [9.17, 15) is 9.59 Å². The third-order valence-electron chi connectivity index (χ3n) is 4.31. The summed E-state index contributed by atoms with van der Waals surface area (Å²) in [5, 5.41) is 0. The highest BCUT2D eigenvalue weighted by Crippen LogP contribution is 2.28. The van der Waals surface area contributed by atoms with Gasteiger partial charge in [0.2, 0.25) is 11.8 Å². The van der Waals surface area contributed by atoms with Crippen LogP contribution in [0, 0.1) is 5.92 Å². The van der Waals surface area contributed by atoms with E-state index in [1.165, 1.54) is 0 Å². The van der Waals surface area contributed by atoms with Gasteiger partial charge in [0.15, 0.2) is 0 Å². The predicted octanol–water partition coefficient (Wildman–Crippen LogP) is 0.195. The number of carbonyl (C=O) groups is 2. The van der Waals surface area contributed by atoms with E-state index in [1.807, 2.05) is 11.9 Å². The van der Waals surface area contributed by atoms with Crippen molar-refractivity contribution >= 4 is 11.8 Å². The third kappa shape index (κ3) is 2.66. The van der Waals surface area contributed by atoms with Gasteiger partial charge in [-0.15, -0.1) is 0 Å². The maximum atomic E-state index is 12.2. The van der Waals surface area contributed by atoms with Crippen LogP contribution in [0.2, 0.25) is 0 Å². The zero-order chi connectivity index (χ0) is 13.1. The fourth-order valence-corrected chi connectivity index (χ4v) is 3.13. The number of rotatable bonds is 4. The van der Waals surface area contributed by atoms with Crippen molar-refractivity contribution in [3.63, 3.8) is 0 Å². The average molecular weight is 253 g/mol. The minimum absolute atomic E-state index is 0.0515. The number of carbonyl (C=O) groups excluding carboxylic acids is 2. The molecule has 5 nitrogen and oxygen atoms in total. The van der Waals surface area contributed by atoms with Gasteiger partial charge in [-0.1, -0.05) is 6.42 Å². The lowest BCUT2D eigenvalue weighted by Gasteiger charge is -2.30. The topological polar surface area (TPSA) is 66.6 Å². The second-order valence-electron chi connectivity index (χ2n) is 5.42. The molecule has 102 valence electrons. The molecule has 0 aromatic heterocycles. The standard InChI is InChI=1S/C13H23N3O2/c1-15(11-5-2-4-10(11)8-14)13(18)9-16-7-3-6-12(16)17/h10-11H,2-9,14H2,1H3. The zero-order valence-electron chi connectivity index (χ0n) is 11.1. The van der Waals surface area contributed by atoms with Gasteiger partial charge in [-0.05, 0) is 31.7 Å². The molecule has 0 aromatic carbocycles. The van der Waals surface area contributed by atoms with Crippen LogP contribution in [0.15, 0.2) is 0 Å². The summed E-state index contributed by atoms with van der Waals surface area (Å²) in [7, 11) is 1.85. The third-order valence-corrected chi connectivity index (χ3v) is 4.31. The number of amides is 2. The highest BCUT2D eigenvalue weighted by Gasteiger charge is 2.33. The lowest BCUT2D eigenvalue weighted by Crippen LogP contribution is -2.46. The van der Waals surface area contributed by atoms with Crippen LogP contribution in [0.25, 0.3) is 0 Å². The van der Waals surface area contributed by atoms with Crippen molar-refractivity contribution < 1.29 is 9.59 Å². The highest BCUT2D eigenvalue weighted by atomic mass is 16.2. The molecule has 5 heteroatoms. The van der Waals surface area contributed by atoms with Gasteiger partial charge in [0.1, 0.15) is 0 Å². The Labute approximate surface area is 108 Å². The Morgan fingerprint density at radius 3 is 2.83 bits per heavy atom. The van der Waals surface area contributed by atoms with Crippen molar-refractivity contribution in [2.45, 2.75) is 38.1 Å². The molecule has 1 aliphatic carbocycles. The molecule has 1 saturated carbocycles. The fraction of sp³-hybridized carbons (Fsp3) is 0.846. The molecular formula is C13H23N3O2. The first-order chi connectivity index (χ1) is 8.63. The molecule has 2 atom stereocenters. The molecule has 0 spiro atoms. The summed E-state index contributed by atoms with van der Waals surface area (Å²) in [4.78, 5) is 27.2. The van der Waals surface area contributed by atoms with E-state index in [0.717, 1.165) is 32.2 Å². The van der Waals surface area contributed by atoms with E-state index >= 15 is 0 Å². The maximum absolute atomic E-state index is 12.2. The summed E-state index contributed by atoms with van der Waals surface area (Å²) >= 11 is 0. The monoisotopic (exact) mass is 253 g/mol. The second kappa shape index (κ2) is 5.69. The highest BCUT2D eigenvalue weighted by molar-refractivity contribution is 5.85. The summed E-state index contributed by atoms with van der Waals surface area (Å²) < 4.78 is 0.